The maximum absolute atomic E-state index is 12.2. The van der Waals surface area contributed by atoms with Crippen molar-refractivity contribution in [3.05, 3.63) is 41.6 Å². The van der Waals surface area contributed by atoms with Crippen LogP contribution in [0.5, 0.6) is 0 Å². The fraction of sp³-hybridized carbons (Fsp3) is 0.0833. The van der Waals surface area contributed by atoms with Gasteiger partial charge in [0.25, 0.3) is 5.91 Å². The van der Waals surface area contributed by atoms with Crippen LogP contribution in [0.15, 0.2) is 35.4 Å². The molecular formula is C12H7F3N4OS. The first kappa shape index (κ1) is 14.9. The molecule has 21 heavy (non-hydrogen) atoms. The molecule has 5 nitrogen and oxygen atoms in total. The average molecular weight is 312 g/mol. The van der Waals surface area contributed by atoms with Crippen LogP contribution in [0.1, 0.15) is 15.9 Å². The lowest BCUT2D eigenvalue weighted by atomic mass is 10.2. The van der Waals surface area contributed by atoms with Crippen molar-refractivity contribution in [1.82, 2.24) is 9.78 Å². The molecule has 0 spiro atoms. The van der Waals surface area contributed by atoms with Crippen LogP contribution >= 0.6 is 11.8 Å². The van der Waals surface area contributed by atoms with Crippen molar-refractivity contribution in [2.45, 2.75) is 10.4 Å². The molecule has 1 aromatic heterocycles. The molecule has 108 valence electrons. The van der Waals surface area contributed by atoms with Crippen LogP contribution in [0, 0.1) is 11.3 Å². The topological polar surface area (TPSA) is 84.7 Å². The zero-order chi connectivity index (χ0) is 15.6. The second kappa shape index (κ2) is 5.49. The van der Waals surface area contributed by atoms with Crippen molar-refractivity contribution >= 4 is 23.5 Å². The molecule has 9 heteroatoms. The summed E-state index contributed by atoms with van der Waals surface area (Å²) in [5.41, 5.74) is 1.34. The lowest BCUT2D eigenvalue weighted by Gasteiger charge is -2.06. The predicted molar refractivity (Wildman–Crippen MR) is 69.4 cm³/mol. The number of carbonyl (C=O) groups is 1. The third-order valence-electron chi connectivity index (χ3n) is 2.45. The zero-order valence-corrected chi connectivity index (χ0v) is 11.1. The molecule has 1 aromatic carbocycles. The number of anilines is 1. The van der Waals surface area contributed by atoms with Crippen molar-refractivity contribution in [3.8, 4) is 6.07 Å². The van der Waals surface area contributed by atoms with Crippen LogP contribution in [0.25, 0.3) is 0 Å². The SMILES string of the molecule is N#Cc1cnn(C(=O)c2ccc(SC(F)(F)F)cc2)c1N. The largest absolute Gasteiger partial charge is 0.446 e. The van der Waals surface area contributed by atoms with E-state index in [1.165, 1.54) is 24.3 Å². The second-order valence-electron chi connectivity index (χ2n) is 3.84. The summed E-state index contributed by atoms with van der Waals surface area (Å²) >= 11 is -0.274. The van der Waals surface area contributed by atoms with E-state index < -0.39 is 11.4 Å². The Morgan fingerprint density at radius 2 is 1.95 bits per heavy atom. The summed E-state index contributed by atoms with van der Waals surface area (Å²) in [6.07, 6.45) is 1.14. The maximum Gasteiger partial charge on any atom is 0.446 e. The number of nitrogens with two attached hydrogens (primary N) is 1. The quantitative estimate of drug-likeness (QED) is 0.862. The molecule has 0 radical (unpaired) electrons. The molecule has 0 fully saturated rings. The van der Waals surface area contributed by atoms with E-state index in [0.29, 0.717) is 0 Å². The molecule has 0 amide bonds. The number of hydrogen-bond donors (Lipinski definition) is 1. The summed E-state index contributed by atoms with van der Waals surface area (Å²) in [6.45, 7) is 0. The number of nitriles is 1. The maximum atomic E-state index is 12.2. The first-order valence-electron chi connectivity index (χ1n) is 5.46. The number of carbonyl (C=O) groups excluding carboxylic acids is 1. The summed E-state index contributed by atoms with van der Waals surface area (Å²) in [6, 6.07) is 6.60. The minimum absolute atomic E-state index is 0.0369. The van der Waals surface area contributed by atoms with Gasteiger partial charge >= 0.3 is 5.51 Å². The summed E-state index contributed by atoms with van der Waals surface area (Å²) in [5, 5.41) is 12.4. The summed E-state index contributed by atoms with van der Waals surface area (Å²) < 4.78 is 37.4. The van der Waals surface area contributed by atoms with Crippen molar-refractivity contribution in [1.29, 1.82) is 5.26 Å². The smallest absolute Gasteiger partial charge is 0.382 e. The molecule has 2 aromatic rings. The minimum atomic E-state index is -4.39. The molecule has 0 aliphatic rings. The van der Waals surface area contributed by atoms with E-state index in [9.17, 15) is 18.0 Å². The van der Waals surface area contributed by atoms with Gasteiger partial charge < -0.3 is 5.73 Å². The van der Waals surface area contributed by atoms with Gasteiger partial charge in [0.1, 0.15) is 17.5 Å². The molecule has 0 unspecified atom stereocenters. The van der Waals surface area contributed by atoms with Crippen LogP contribution in [-0.2, 0) is 0 Å². The van der Waals surface area contributed by atoms with Gasteiger partial charge in [0.15, 0.2) is 0 Å². The second-order valence-corrected chi connectivity index (χ2v) is 4.98. The number of hydrogen-bond acceptors (Lipinski definition) is 5. The fourth-order valence-corrected chi connectivity index (χ4v) is 2.07. The van der Waals surface area contributed by atoms with Crippen LogP contribution in [-0.4, -0.2) is 21.2 Å². The van der Waals surface area contributed by atoms with Crippen LogP contribution in [0.3, 0.4) is 0 Å². The summed E-state index contributed by atoms with van der Waals surface area (Å²) in [5.74, 6) is -0.742. The van der Waals surface area contributed by atoms with E-state index >= 15 is 0 Å². The number of aromatic nitrogens is 2. The summed E-state index contributed by atoms with van der Waals surface area (Å²) in [7, 11) is 0. The predicted octanol–water partition coefficient (Wildman–Crippen LogP) is 2.64. The lowest BCUT2D eigenvalue weighted by molar-refractivity contribution is -0.0328. The molecule has 1 heterocycles. The van der Waals surface area contributed by atoms with Gasteiger partial charge in [0.2, 0.25) is 0 Å². The number of benzene rings is 1. The summed E-state index contributed by atoms with van der Waals surface area (Å²) in [4.78, 5) is 12.0. The van der Waals surface area contributed by atoms with Crippen molar-refractivity contribution in [3.63, 3.8) is 0 Å². The zero-order valence-electron chi connectivity index (χ0n) is 10.3. The number of alkyl halides is 3. The highest BCUT2D eigenvalue weighted by molar-refractivity contribution is 8.00. The molecule has 0 bridgehead atoms. The van der Waals surface area contributed by atoms with E-state index in [4.69, 9.17) is 11.0 Å². The van der Waals surface area contributed by atoms with E-state index in [0.717, 1.165) is 10.9 Å². The van der Waals surface area contributed by atoms with Crippen molar-refractivity contribution in [2.75, 3.05) is 5.73 Å². The molecule has 2 rings (SSSR count). The Balaban J connectivity index is 2.24. The van der Waals surface area contributed by atoms with E-state index in [1.54, 1.807) is 6.07 Å². The van der Waals surface area contributed by atoms with Gasteiger partial charge in [-0.2, -0.15) is 28.2 Å². The first-order valence-corrected chi connectivity index (χ1v) is 6.27. The standard InChI is InChI=1S/C12H7F3N4OS/c13-12(14,15)21-9-3-1-7(2-4-9)11(20)19-10(17)8(5-16)6-18-19/h1-4,6H,17H2. The number of rotatable bonds is 2. The molecule has 0 aliphatic carbocycles. The van der Waals surface area contributed by atoms with Crippen molar-refractivity contribution in [2.24, 2.45) is 0 Å². The Morgan fingerprint density at radius 3 is 2.43 bits per heavy atom. The highest BCUT2D eigenvalue weighted by Crippen LogP contribution is 2.36. The van der Waals surface area contributed by atoms with Gasteiger partial charge in [-0.3, -0.25) is 4.79 Å². The third-order valence-corrected chi connectivity index (χ3v) is 3.19. The first-order chi connectivity index (χ1) is 9.81. The van der Waals surface area contributed by atoms with Crippen LogP contribution < -0.4 is 5.73 Å². The molecule has 0 saturated heterocycles. The van der Waals surface area contributed by atoms with E-state index in [-0.39, 0.29) is 33.6 Å². The number of halogens is 3. The van der Waals surface area contributed by atoms with E-state index in [1.807, 2.05) is 0 Å². The van der Waals surface area contributed by atoms with Gasteiger partial charge in [0.05, 0.1) is 6.20 Å². The third kappa shape index (κ3) is 3.35. The molecular weight excluding hydrogens is 305 g/mol. The molecule has 2 N–H and O–H groups in total. The fourth-order valence-electron chi connectivity index (χ4n) is 1.53. The van der Waals surface area contributed by atoms with Gasteiger partial charge in [-0.25, -0.2) is 0 Å². The van der Waals surface area contributed by atoms with Gasteiger partial charge in [-0.15, -0.1) is 0 Å². The molecule has 0 aliphatic heterocycles. The lowest BCUT2D eigenvalue weighted by Crippen LogP contribution is -2.16. The Labute approximate surface area is 121 Å². The number of nitrogens with zero attached hydrogens (tertiary/aromatic N) is 3. The number of thioether (sulfide) groups is 1. The Morgan fingerprint density at radius 1 is 1.33 bits per heavy atom. The highest BCUT2D eigenvalue weighted by atomic mass is 32.2. The Bertz CT molecular complexity index is 716. The molecule has 0 saturated carbocycles. The van der Waals surface area contributed by atoms with Gasteiger partial charge in [-0.05, 0) is 36.0 Å². The van der Waals surface area contributed by atoms with Crippen molar-refractivity contribution < 1.29 is 18.0 Å². The van der Waals surface area contributed by atoms with Gasteiger partial charge in [-0.1, -0.05) is 0 Å². The van der Waals surface area contributed by atoms with Gasteiger partial charge in [0, 0.05) is 10.5 Å². The van der Waals surface area contributed by atoms with E-state index in [2.05, 4.69) is 5.10 Å². The Kier molecular flexibility index (Phi) is 3.90. The highest BCUT2D eigenvalue weighted by Gasteiger charge is 2.29. The number of nitrogen functional groups attached to an aromatic ring is 1. The van der Waals surface area contributed by atoms with Crippen LogP contribution in [0.2, 0.25) is 0 Å². The minimum Gasteiger partial charge on any atom is -0.382 e. The normalized spacial score (nSPS) is 11.1. The Hall–Kier alpha value is -2.47. The van der Waals surface area contributed by atoms with Crippen LogP contribution in [0.4, 0.5) is 19.0 Å². The average Bonchev–Trinajstić information content (AvgIpc) is 2.78. The monoisotopic (exact) mass is 312 g/mol. The molecule has 0 atom stereocenters.